The maximum absolute atomic E-state index is 12.1. The molecule has 0 atom stereocenters. The third kappa shape index (κ3) is 5.85. The maximum atomic E-state index is 12.1. The number of carbonyl (C=O) groups excluding carboxylic acids is 2. The molecule has 1 aliphatic rings. The van der Waals surface area contributed by atoms with E-state index in [-0.39, 0.29) is 24.8 Å². The number of rotatable bonds is 7. The Hall–Kier alpha value is -2.29. The van der Waals surface area contributed by atoms with Crippen LogP contribution in [-0.2, 0) is 16.1 Å². The van der Waals surface area contributed by atoms with Crippen molar-refractivity contribution >= 4 is 28.3 Å². The van der Waals surface area contributed by atoms with Crippen LogP contribution in [0.15, 0.2) is 29.6 Å². The van der Waals surface area contributed by atoms with Crippen LogP contribution in [-0.4, -0.2) is 54.5 Å². The van der Waals surface area contributed by atoms with Crippen LogP contribution >= 0.6 is 11.3 Å². The number of anilines is 1. The second kappa shape index (κ2) is 9.59. The molecule has 0 saturated carbocycles. The van der Waals surface area contributed by atoms with Crippen LogP contribution in [0.3, 0.4) is 0 Å². The molecule has 1 aromatic carbocycles. The summed E-state index contributed by atoms with van der Waals surface area (Å²) in [5.41, 5.74) is 2.49. The van der Waals surface area contributed by atoms with E-state index in [9.17, 15) is 9.59 Å². The number of morpholine rings is 1. The molecule has 8 heteroatoms. The Morgan fingerprint density at radius 1 is 1.26 bits per heavy atom. The third-order valence-electron chi connectivity index (χ3n) is 4.31. The summed E-state index contributed by atoms with van der Waals surface area (Å²) in [5.74, 6) is -0.324. The summed E-state index contributed by atoms with van der Waals surface area (Å²) in [6.07, 6.45) is 0.204. The van der Waals surface area contributed by atoms with Gasteiger partial charge in [0.2, 0.25) is 5.91 Å². The van der Waals surface area contributed by atoms with Crippen LogP contribution < -0.4 is 10.6 Å². The van der Waals surface area contributed by atoms with Crippen molar-refractivity contribution in [3.63, 3.8) is 0 Å². The number of thiazole rings is 1. The number of carbonyl (C=O) groups is 2. The number of benzene rings is 1. The van der Waals surface area contributed by atoms with Gasteiger partial charge in [0.15, 0.2) is 5.13 Å². The Labute approximate surface area is 162 Å². The number of ether oxygens (including phenoxy) is 1. The van der Waals surface area contributed by atoms with Crippen molar-refractivity contribution in [1.29, 1.82) is 0 Å². The lowest BCUT2D eigenvalue weighted by atomic mass is 10.1. The summed E-state index contributed by atoms with van der Waals surface area (Å²) < 4.78 is 5.34. The van der Waals surface area contributed by atoms with Crippen molar-refractivity contribution in [2.24, 2.45) is 0 Å². The first-order valence-corrected chi connectivity index (χ1v) is 9.88. The average molecular weight is 388 g/mol. The summed E-state index contributed by atoms with van der Waals surface area (Å²) >= 11 is 1.42. The number of nitrogens with one attached hydrogen (secondary N) is 2. The fourth-order valence-corrected chi connectivity index (χ4v) is 3.54. The van der Waals surface area contributed by atoms with Crippen molar-refractivity contribution < 1.29 is 14.3 Å². The zero-order valence-corrected chi connectivity index (χ0v) is 16.2. The van der Waals surface area contributed by atoms with Crippen molar-refractivity contribution in [1.82, 2.24) is 15.2 Å². The number of aromatic nitrogens is 1. The molecule has 1 aliphatic heterocycles. The van der Waals surface area contributed by atoms with Crippen LogP contribution in [0.5, 0.6) is 0 Å². The van der Waals surface area contributed by atoms with E-state index in [1.807, 2.05) is 30.5 Å². The number of aryl methyl sites for hydroxylation is 1. The van der Waals surface area contributed by atoms with E-state index >= 15 is 0 Å². The molecule has 2 heterocycles. The molecule has 144 valence electrons. The zero-order chi connectivity index (χ0) is 19.1. The minimum atomic E-state index is -0.164. The average Bonchev–Trinajstić information content (AvgIpc) is 3.09. The fraction of sp³-hybridized carbons (Fsp3) is 0.421. The van der Waals surface area contributed by atoms with E-state index in [1.54, 1.807) is 6.07 Å². The van der Waals surface area contributed by atoms with Crippen LogP contribution in [0, 0.1) is 6.92 Å². The highest BCUT2D eigenvalue weighted by atomic mass is 32.1. The van der Waals surface area contributed by atoms with Gasteiger partial charge in [0, 0.05) is 43.5 Å². The molecular weight excluding hydrogens is 364 g/mol. The first-order chi connectivity index (χ1) is 13.1. The number of nitrogens with zero attached hydrogens (tertiary/aromatic N) is 2. The molecule has 0 spiro atoms. The van der Waals surface area contributed by atoms with Gasteiger partial charge in [-0.1, -0.05) is 18.2 Å². The van der Waals surface area contributed by atoms with Crippen molar-refractivity contribution in [2.75, 3.05) is 38.2 Å². The van der Waals surface area contributed by atoms with Gasteiger partial charge in [0.25, 0.3) is 5.91 Å². The van der Waals surface area contributed by atoms with Gasteiger partial charge in [-0.2, -0.15) is 0 Å². The molecule has 2 amide bonds. The predicted molar refractivity (Wildman–Crippen MR) is 105 cm³/mol. The topological polar surface area (TPSA) is 83.6 Å². The number of hydrogen-bond donors (Lipinski definition) is 2. The minimum Gasteiger partial charge on any atom is -0.379 e. The second-order valence-electron chi connectivity index (χ2n) is 6.40. The first-order valence-electron chi connectivity index (χ1n) is 9.00. The fourth-order valence-electron chi connectivity index (χ4n) is 2.82. The molecule has 1 saturated heterocycles. The minimum absolute atomic E-state index is 0.160. The van der Waals surface area contributed by atoms with E-state index < -0.39 is 0 Å². The van der Waals surface area contributed by atoms with Crippen molar-refractivity contribution in [3.8, 4) is 0 Å². The van der Waals surface area contributed by atoms with Gasteiger partial charge in [-0.15, -0.1) is 11.3 Å². The molecule has 0 aliphatic carbocycles. The SMILES string of the molecule is Cc1ccccc1C(=O)NCCC(=O)Nc1nc(CN2CCOCC2)cs1. The van der Waals surface area contributed by atoms with Crippen molar-refractivity contribution in [3.05, 3.63) is 46.5 Å². The van der Waals surface area contributed by atoms with Gasteiger partial charge >= 0.3 is 0 Å². The highest BCUT2D eigenvalue weighted by molar-refractivity contribution is 7.13. The summed E-state index contributed by atoms with van der Waals surface area (Å²) in [6.45, 7) is 6.25. The predicted octanol–water partition coefficient (Wildman–Crippen LogP) is 2.04. The zero-order valence-electron chi connectivity index (χ0n) is 15.4. The molecular formula is C19H24N4O3S. The lowest BCUT2D eigenvalue weighted by Gasteiger charge is -2.25. The molecule has 0 unspecified atom stereocenters. The Morgan fingerprint density at radius 3 is 2.81 bits per heavy atom. The summed E-state index contributed by atoms with van der Waals surface area (Å²) in [6, 6.07) is 7.38. The molecule has 0 bridgehead atoms. The van der Waals surface area contributed by atoms with Gasteiger partial charge < -0.3 is 15.4 Å². The summed E-state index contributed by atoms with van der Waals surface area (Å²) in [7, 11) is 0. The smallest absolute Gasteiger partial charge is 0.251 e. The van der Waals surface area contributed by atoms with Gasteiger partial charge in [-0.05, 0) is 18.6 Å². The molecule has 7 nitrogen and oxygen atoms in total. The Balaban J connectivity index is 1.40. The van der Waals surface area contributed by atoms with E-state index in [4.69, 9.17) is 4.74 Å². The molecule has 1 aromatic heterocycles. The standard InChI is InChI=1S/C19H24N4O3S/c1-14-4-2-3-5-16(14)18(25)20-7-6-17(24)22-19-21-15(13-27-19)12-23-8-10-26-11-9-23/h2-5,13H,6-12H2,1H3,(H,20,25)(H,21,22,24). The Kier molecular flexibility index (Phi) is 6.92. The van der Waals surface area contributed by atoms with Crippen LogP contribution in [0.1, 0.15) is 28.0 Å². The van der Waals surface area contributed by atoms with Gasteiger partial charge in [0.05, 0.1) is 18.9 Å². The number of hydrogen-bond acceptors (Lipinski definition) is 6. The summed E-state index contributed by atoms with van der Waals surface area (Å²) in [4.78, 5) is 31.0. The Bertz CT molecular complexity index is 787. The lowest BCUT2D eigenvalue weighted by molar-refractivity contribution is -0.116. The van der Waals surface area contributed by atoms with E-state index in [0.717, 1.165) is 44.1 Å². The molecule has 2 N–H and O–H groups in total. The quantitative estimate of drug-likeness (QED) is 0.758. The highest BCUT2D eigenvalue weighted by Crippen LogP contribution is 2.17. The van der Waals surface area contributed by atoms with Gasteiger partial charge in [-0.3, -0.25) is 14.5 Å². The molecule has 27 heavy (non-hydrogen) atoms. The molecule has 0 radical (unpaired) electrons. The number of amides is 2. The lowest BCUT2D eigenvalue weighted by Crippen LogP contribution is -2.35. The summed E-state index contributed by atoms with van der Waals surface area (Å²) in [5, 5.41) is 8.13. The van der Waals surface area contributed by atoms with Crippen LogP contribution in [0.2, 0.25) is 0 Å². The second-order valence-corrected chi connectivity index (χ2v) is 7.26. The first kappa shape index (κ1) is 19.5. The normalized spacial score (nSPS) is 14.7. The van der Waals surface area contributed by atoms with E-state index in [1.165, 1.54) is 11.3 Å². The molecule has 1 fully saturated rings. The molecule has 3 rings (SSSR count). The highest BCUT2D eigenvalue weighted by Gasteiger charge is 2.14. The third-order valence-corrected chi connectivity index (χ3v) is 5.12. The monoisotopic (exact) mass is 388 g/mol. The van der Waals surface area contributed by atoms with Crippen LogP contribution in [0.25, 0.3) is 0 Å². The maximum Gasteiger partial charge on any atom is 0.251 e. The Morgan fingerprint density at radius 2 is 2.04 bits per heavy atom. The van der Waals surface area contributed by atoms with Gasteiger partial charge in [-0.25, -0.2) is 4.98 Å². The molecule has 2 aromatic rings. The van der Waals surface area contributed by atoms with Gasteiger partial charge in [0.1, 0.15) is 0 Å². The van der Waals surface area contributed by atoms with E-state index in [0.29, 0.717) is 10.7 Å². The van der Waals surface area contributed by atoms with Crippen molar-refractivity contribution in [2.45, 2.75) is 19.9 Å². The van der Waals surface area contributed by atoms with E-state index in [2.05, 4.69) is 20.5 Å². The largest absolute Gasteiger partial charge is 0.379 e. The van der Waals surface area contributed by atoms with Crippen LogP contribution in [0.4, 0.5) is 5.13 Å².